The van der Waals surface area contributed by atoms with E-state index in [-0.39, 0.29) is 24.3 Å². The first-order chi connectivity index (χ1) is 8.78. The number of hydrogen-bond donors (Lipinski definition) is 2. The number of aromatic nitrogens is 4. The molecule has 7 nitrogen and oxygen atoms in total. The van der Waals surface area contributed by atoms with Gasteiger partial charge in [-0.25, -0.2) is 5.10 Å². The van der Waals surface area contributed by atoms with Gasteiger partial charge >= 0.3 is 6.01 Å². The third-order valence-corrected chi connectivity index (χ3v) is 2.06. The number of amides is 1. The number of pyridine rings is 1. The molecule has 0 aliphatic carbocycles. The van der Waals surface area contributed by atoms with Crippen LogP contribution in [0.25, 0.3) is 0 Å². The van der Waals surface area contributed by atoms with Gasteiger partial charge in [-0.1, -0.05) is 6.07 Å². The zero-order valence-electron chi connectivity index (χ0n) is 9.88. The van der Waals surface area contributed by atoms with Crippen molar-refractivity contribution in [3.63, 3.8) is 0 Å². The number of ether oxygens (including phenoxy) is 1. The highest BCUT2D eigenvalue weighted by molar-refractivity contribution is 5.90. The normalized spacial score (nSPS) is 10.1. The van der Waals surface area contributed by atoms with E-state index in [2.05, 4.69) is 25.5 Å². The molecule has 0 bridgehead atoms. The van der Waals surface area contributed by atoms with E-state index in [0.717, 1.165) is 0 Å². The predicted molar refractivity (Wildman–Crippen MR) is 64.1 cm³/mol. The van der Waals surface area contributed by atoms with Gasteiger partial charge in [0, 0.05) is 11.9 Å². The molecule has 0 saturated heterocycles. The molecule has 2 rings (SSSR count). The van der Waals surface area contributed by atoms with Gasteiger partial charge in [0.05, 0.1) is 13.0 Å². The summed E-state index contributed by atoms with van der Waals surface area (Å²) in [4.78, 5) is 19.7. The molecule has 0 fully saturated rings. The van der Waals surface area contributed by atoms with E-state index in [1.54, 1.807) is 18.3 Å². The first-order valence-electron chi connectivity index (χ1n) is 5.53. The van der Waals surface area contributed by atoms with Gasteiger partial charge < -0.3 is 4.74 Å². The Kier molecular flexibility index (Phi) is 3.85. The lowest BCUT2D eigenvalue weighted by molar-refractivity contribution is -0.115. The van der Waals surface area contributed by atoms with Crippen molar-refractivity contribution < 1.29 is 9.53 Å². The quantitative estimate of drug-likeness (QED) is 0.814. The zero-order chi connectivity index (χ0) is 12.8. The molecule has 0 spiro atoms. The van der Waals surface area contributed by atoms with Crippen molar-refractivity contribution in [1.29, 1.82) is 0 Å². The summed E-state index contributed by atoms with van der Waals surface area (Å²) in [6, 6.07) is 5.63. The molecule has 7 heteroatoms. The van der Waals surface area contributed by atoms with Gasteiger partial charge in [0.25, 0.3) is 0 Å². The Bertz CT molecular complexity index is 511. The Morgan fingerprint density at radius 2 is 2.39 bits per heavy atom. The Labute approximate surface area is 104 Å². The molecule has 2 heterocycles. The van der Waals surface area contributed by atoms with E-state index < -0.39 is 0 Å². The van der Waals surface area contributed by atoms with Crippen molar-refractivity contribution in [2.75, 3.05) is 11.9 Å². The highest BCUT2D eigenvalue weighted by atomic mass is 16.5. The van der Waals surface area contributed by atoms with Gasteiger partial charge in [0.15, 0.2) is 0 Å². The van der Waals surface area contributed by atoms with Gasteiger partial charge in [-0.15, -0.1) is 5.10 Å². The average molecular weight is 247 g/mol. The number of hydrogen-bond acceptors (Lipinski definition) is 5. The second-order valence-corrected chi connectivity index (χ2v) is 3.45. The van der Waals surface area contributed by atoms with Gasteiger partial charge in [-0.2, -0.15) is 4.98 Å². The fourth-order valence-electron chi connectivity index (χ4n) is 1.34. The maximum absolute atomic E-state index is 11.7. The number of H-pyrrole nitrogens is 1. The minimum absolute atomic E-state index is 0.186. The number of aromatic amines is 1. The first kappa shape index (κ1) is 12.0. The topological polar surface area (TPSA) is 92.8 Å². The van der Waals surface area contributed by atoms with E-state index in [0.29, 0.717) is 12.3 Å². The largest absolute Gasteiger partial charge is 0.463 e. The number of rotatable bonds is 5. The Morgan fingerprint density at radius 1 is 1.50 bits per heavy atom. The summed E-state index contributed by atoms with van der Waals surface area (Å²) >= 11 is 0. The summed E-state index contributed by atoms with van der Waals surface area (Å²) in [5.41, 5.74) is 0.694. The molecule has 2 aromatic heterocycles. The Balaban J connectivity index is 1.90. The molecule has 2 aromatic rings. The van der Waals surface area contributed by atoms with Crippen molar-refractivity contribution in [1.82, 2.24) is 20.2 Å². The lowest BCUT2D eigenvalue weighted by Gasteiger charge is -2.00. The molecule has 94 valence electrons. The van der Waals surface area contributed by atoms with Crippen LogP contribution in [0.4, 0.5) is 5.95 Å². The van der Waals surface area contributed by atoms with Crippen molar-refractivity contribution in [3.8, 4) is 6.01 Å². The third kappa shape index (κ3) is 3.27. The maximum Gasteiger partial charge on any atom is 0.337 e. The van der Waals surface area contributed by atoms with Crippen molar-refractivity contribution in [2.24, 2.45) is 0 Å². The molecule has 0 atom stereocenters. The van der Waals surface area contributed by atoms with Crippen LogP contribution < -0.4 is 10.1 Å². The van der Waals surface area contributed by atoms with Gasteiger partial charge in [0.1, 0.15) is 0 Å². The van der Waals surface area contributed by atoms with E-state index in [1.807, 2.05) is 13.0 Å². The van der Waals surface area contributed by atoms with E-state index in [1.165, 1.54) is 0 Å². The molecule has 0 aliphatic rings. The van der Waals surface area contributed by atoms with Crippen molar-refractivity contribution >= 4 is 11.9 Å². The summed E-state index contributed by atoms with van der Waals surface area (Å²) in [5, 5.41) is 8.93. The maximum atomic E-state index is 11.7. The second kappa shape index (κ2) is 5.76. The average Bonchev–Trinajstić information content (AvgIpc) is 2.78. The number of carbonyl (C=O) groups excluding carboxylic acids is 1. The molecule has 2 N–H and O–H groups in total. The third-order valence-electron chi connectivity index (χ3n) is 2.06. The van der Waals surface area contributed by atoms with Gasteiger partial charge in [0.2, 0.25) is 11.9 Å². The monoisotopic (exact) mass is 247 g/mol. The van der Waals surface area contributed by atoms with Crippen LogP contribution in [0.1, 0.15) is 12.6 Å². The lowest BCUT2D eigenvalue weighted by Crippen LogP contribution is -2.16. The summed E-state index contributed by atoms with van der Waals surface area (Å²) < 4.78 is 5.07. The Morgan fingerprint density at radius 3 is 3.11 bits per heavy atom. The fourth-order valence-corrected chi connectivity index (χ4v) is 1.34. The lowest BCUT2D eigenvalue weighted by atomic mass is 10.2. The van der Waals surface area contributed by atoms with Crippen LogP contribution in [0, 0.1) is 0 Å². The minimum atomic E-state index is -0.215. The molecule has 0 unspecified atom stereocenters. The fraction of sp³-hybridized carbons (Fsp3) is 0.273. The van der Waals surface area contributed by atoms with Crippen LogP contribution in [-0.4, -0.2) is 32.7 Å². The minimum Gasteiger partial charge on any atom is -0.463 e. The SMILES string of the molecule is CCOc1n[nH]c(NC(=O)Cc2ccccn2)n1. The van der Waals surface area contributed by atoms with Crippen LogP contribution in [0.15, 0.2) is 24.4 Å². The standard InChI is InChI=1S/C11H13N5O2/c1-2-18-11-14-10(15-16-11)13-9(17)7-8-5-3-4-6-12-8/h3-6H,2,7H2,1H3,(H2,13,14,15,16,17). The van der Waals surface area contributed by atoms with Crippen LogP contribution in [-0.2, 0) is 11.2 Å². The molecular formula is C11H13N5O2. The van der Waals surface area contributed by atoms with Crippen molar-refractivity contribution in [2.45, 2.75) is 13.3 Å². The van der Waals surface area contributed by atoms with E-state index >= 15 is 0 Å². The number of nitrogens with one attached hydrogen (secondary N) is 2. The summed E-state index contributed by atoms with van der Waals surface area (Å²) in [6.45, 7) is 2.30. The van der Waals surface area contributed by atoms with Gasteiger partial charge in [-0.05, 0) is 19.1 Å². The highest BCUT2D eigenvalue weighted by Gasteiger charge is 2.08. The summed E-state index contributed by atoms with van der Waals surface area (Å²) in [6.07, 6.45) is 1.83. The second-order valence-electron chi connectivity index (χ2n) is 3.45. The molecule has 0 radical (unpaired) electrons. The van der Waals surface area contributed by atoms with Crippen molar-refractivity contribution in [3.05, 3.63) is 30.1 Å². The molecule has 18 heavy (non-hydrogen) atoms. The van der Waals surface area contributed by atoms with Crippen LogP contribution in [0.5, 0.6) is 6.01 Å². The molecule has 0 aliphatic heterocycles. The Hall–Kier alpha value is -2.44. The smallest absolute Gasteiger partial charge is 0.337 e. The summed E-state index contributed by atoms with van der Waals surface area (Å²) in [7, 11) is 0. The summed E-state index contributed by atoms with van der Waals surface area (Å²) in [5.74, 6) is 0.0484. The van der Waals surface area contributed by atoms with Gasteiger partial charge in [-0.3, -0.25) is 15.1 Å². The molecule has 0 saturated carbocycles. The van der Waals surface area contributed by atoms with Crippen LogP contribution >= 0.6 is 0 Å². The molecule has 0 aromatic carbocycles. The molecular weight excluding hydrogens is 234 g/mol. The number of anilines is 1. The van der Waals surface area contributed by atoms with E-state index in [4.69, 9.17) is 4.74 Å². The van der Waals surface area contributed by atoms with Crippen LogP contribution in [0.3, 0.4) is 0 Å². The predicted octanol–water partition coefficient (Wildman–Crippen LogP) is 0.780. The van der Waals surface area contributed by atoms with E-state index in [9.17, 15) is 4.79 Å². The molecule has 1 amide bonds. The first-order valence-corrected chi connectivity index (χ1v) is 5.53. The number of carbonyl (C=O) groups is 1. The highest BCUT2D eigenvalue weighted by Crippen LogP contribution is 2.06. The van der Waals surface area contributed by atoms with Crippen LogP contribution in [0.2, 0.25) is 0 Å². The zero-order valence-corrected chi connectivity index (χ0v) is 9.88. The number of nitrogens with zero attached hydrogens (tertiary/aromatic N) is 3.